The molecule has 0 spiro atoms. The molecule has 0 bridgehead atoms. The molecule has 0 N–H and O–H groups in total. The quantitative estimate of drug-likeness (QED) is 0.504. The molecule has 1 aliphatic heterocycles. The first-order valence-corrected chi connectivity index (χ1v) is 10.6. The van der Waals surface area contributed by atoms with Gasteiger partial charge in [-0.3, -0.25) is 9.59 Å². The Labute approximate surface area is 180 Å². The van der Waals surface area contributed by atoms with Crippen LogP contribution < -0.4 is 5.56 Å². The first-order chi connectivity index (χ1) is 15.2. The second-order valence-corrected chi connectivity index (χ2v) is 7.92. The highest BCUT2D eigenvalue weighted by molar-refractivity contribution is 6.04. The molecule has 0 saturated carbocycles. The summed E-state index contributed by atoms with van der Waals surface area (Å²) in [5.74, 6) is 0.348. The molecule has 0 atom stereocenters. The lowest BCUT2D eigenvalue weighted by molar-refractivity contribution is 0.0707. The Balaban J connectivity index is 1.49. The fraction of sp³-hybridized carbons (Fsp3) is 0.192. The number of nitrogens with zero attached hydrogens (tertiary/aromatic N) is 3. The van der Waals surface area contributed by atoms with Crippen molar-refractivity contribution in [2.24, 2.45) is 0 Å². The van der Waals surface area contributed by atoms with Gasteiger partial charge in [-0.2, -0.15) is 9.78 Å². The molecule has 31 heavy (non-hydrogen) atoms. The van der Waals surface area contributed by atoms with Gasteiger partial charge in [0.15, 0.2) is 5.69 Å². The first-order valence-electron chi connectivity index (χ1n) is 10.6. The van der Waals surface area contributed by atoms with Crippen LogP contribution in [0.15, 0.2) is 89.7 Å². The summed E-state index contributed by atoms with van der Waals surface area (Å²) in [6.07, 6.45) is 1.85. The smallest absolute Gasteiger partial charge is 0.279 e. The topological polar surface area (TPSA) is 55.2 Å². The van der Waals surface area contributed by atoms with Crippen LogP contribution in [0.3, 0.4) is 0 Å². The second-order valence-electron chi connectivity index (χ2n) is 7.92. The zero-order chi connectivity index (χ0) is 21.2. The van der Waals surface area contributed by atoms with Gasteiger partial charge in [0.25, 0.3) is 11.5 Å². The van der Waals surface area contributed by atoms with Crippen molar-refractivity contribution >= 4 is 16.7 Å². The van der Waals surface area contributed by atoms with Gasteiger partial charge in [0.05, 0.1) is 11.1 Å². The van der Waals surface area contributed by atoms with Crippen LogP contribution in [-0.2, 0) is 0 Å². The van der Waals surface area contributed by atoms with Crippen LogP contribution in [-0.4, -0.2) is 33.7 Å². The van der Waals surface area contributed by atoms with Crippen LogP contribution in [0.1, 0.15) is 34.8 Å². The fourth-order valence-corrected chi connectivity index (χ4v) is 4.38. The molecule has 154 valence electrons. The summed E-state index contributed by atoms with van der Waals surface area (Å²) in [4.78, 5) is 28.4. The number of amides is 1. The number of para-hydroxylation sites is 1. The van der Waals surface area contributed by atoms with Crippen LogP contribution in [0.5, 0.6) is 0 Å². The molecule has 1 aromatic heterocycles. The maximum absolute atomic E-state index is 13.5. The molecule has 0 radical (unpaired) electrons. The molecular formula is C26H23N3O2. The molecule has 0 aliphatic carbocycles. The van der Waals surface area contributed by atoms with E-state index >= 15 is 0 Å². The molecular weight excluding hydrogens is 386 g/mol. The van der Waals surface area contributed by atoms with E-state index in [0.717, 1.165) is 12.8 Å². The molecule has 5 heteroatoms. The predicted molar refractivity (Wildman–Crippen MR) is 122 cm³/mol. The lowest BCUT2D eigenvalue weighted by atomic mass is 9.89. The van der Waals surface area contributed by atoms with E-state index in [0.29, 0.717) is 41.2 Å². The molecule has 3 aromatic carbocycles. The third-order valence-electron chi connectivity index (χ3n) is 6.06. The summed E-state index contributed by atoms with van der Waals surface area (Å²) in [5, 5.41) is 5.65. The Bertz CT molecular complexity index is 1270. The van der Waals surface area contributed by atoms with Crippen molar-refractivity contribution in [3.63, 3.8) is 0 Å². The molecule has 1 aliphatic rings. The first kappa shape index (κ1) is 19.2. The van der Waals surface area contributed by atoms with Gasteiger partial charge in [-0.25, -0.2) is 0 Å². The van der Waals surface area contributed by atoms with Gasteiger partial charge >= 0.3 is 0 Å². The summed E-state index contributed by atoms with van der Waals surface area (Å²) >= 11 is 0. The van der Waals surface area contributed by atoms with Crippen molar-refractivity contribution in [3.05, 3.63) is 107 Å². The Kier molecular flexibility index (Phi) is 5.08. The number of carbonyl (C=O) groups is 1. The lowest BCUT2D eigenvalue weighted by Crippen LogP contribution is -2.39. The minimum absolute atomic E-state index is 0.118. The zero-order valence-electron chi connectivity index (χ0n) is 17.1. The van der Waals surface area contributed by atoms with Crippen molar-refractivity contribution in [1.29, 1.82) is 0 Å². The Hall–Kier alpha value is -3.73. The van der Waals surface area contributed by atoms with Gasteiger partial charge in [-0.05, 0) is 42.5 Å². The van der Waals surface area contributed by atoms with E-state index in [2.05, 4.69) is 29.4 Å². The van der Waals surface area contributed by atoms with Crippen molar-refractivity contribution in [1.82, 2.24) is 14.7 Å². The highest BCUT2D eigenvalue weighted by Gasteiger charge is 2.27. The normalized spacial score (nSPS) is 14.6. The molecule has 1 fully saturated rings. The summed E-state index contributed by atoms with van der Waals surface area (Å²) in [6.45, 7) is 1.36. The van der Waals surface area contributed by atoms with Crippen molar-refractivity contribution in [2.75, 3.05) is 13.1 Å². The van der Waals surface area contributed by atoms with E-state index in [4.69, 9.17) is 0 Å². The Morgan fingerprint density at radius 2 is 1.35 bits per heavy atom. The van der Waals surface area contributed by atoms with Gasteiger partial charge in [0.1, 0.15) is 0 Å². The third kappa shape index (κ3) is 3.63. The molecule has 4 aromatic rings. The maximum atomic E-state index is 13.5. The summed E-state index contributed by atoms with van der Waals surface area (Å²) in [7, 11) is 0. The lowest BCUT2D eigenvalue weighted by Gasteiger charge is -2.32. The molecule has 2 heterocycles. The van der Waals surface area contributed by atoms with E-state index < -0.39 is 0 Å². The zero-order valence-corrected chi connectivity index (χ0v) is 17.1. The number of rotatable bonds is 3. The molecule has 1 saturated heterocycles. The van der Waals surface area contributed by atoms with Crippen LogP contribution in [0.4, 0.5) is 0 Å². The maximum Gasteiger partial charge on any atom is 0.279 e. The molecule has 5 nitrogen and oxygen atoms in total. The highest BCUT2D eigenvalue weighted by Crippen LogP contribution is 2.29. The van der Waals surface area contributed by atoms with Crippen LogP contribution in [0.2, 0.25) is 0 Å². The number of hydrogen-bond acceptors (Lipinski definition) is 3. The highest BCUT2D eigenvalue weighted by atomic mass is 16.2. The molecule has 0 unspecified atom stereocenters. The third-order valence-corrected chi connectivity index (χ3v) is 6.06. The minimum atomic E-state index is -0.221. The summed E-state index contributed by atoms with van der Waals surface area (Å²) in [6, 6.07) is 27.0. The van der Waals surface area contributed by atoms with E-state index in [9.17, 15) is 9.59 Å². The Morgan fingerprint density at radius 3 is 2.03 bits per heavy atom. The van der Waals surface area contributed by atoms with Gasteiger partial charge in [-0.1, -0.05) is 66.7 Å². The van der Waals surface area contributed by atoms with Crippen LogP contribution in [0.25, 0.3) is 16.5 Å². The standard InChI is InChI=1S/C26H23N3O2/c30-25-23-14-8-7-13-22(23)24(27-29(25)21-11-5-2-6-12-21)26(31)28-17-15-20(16-18-28)19-9-3-1-4-10-19/h1-14,20H,15-18H2. The second kappa shape index (κ2) is 8.19. The van der Waals surface area contributed by atoms with Gasteiger partial charge in [0, 0.05) is 18.5 Å². The predicted octanol–water partition coefficient (Wildman–Crippen LogP) is 4.41. The van der Waals surface area contributed by atoms with Crippen LogP contribution >= 0.6 is 0 Å². The number of carbonyl (C=O) groups excluding carboxylic acids is 1. The largest absolute Gasteiger partial charge is 0.337 e. The number of aromatic nitrogens is 2. The average molecular weight is 409 g/mol. The number of likely N-dealkylation sites (tertiary alicyclic amines) is 1. The van der Waals surface area contributed by atoms with Gasteiger partial charge in [-0.15, -0.1) is 0 Å². The van der Waals surface area contributed by atoms with Crippen LogP contribution in [0, 0.1) is 0 Å². The van der Waals surface area contributed by atoms with E-state index in [1.165, 1.54) is 10.2 Å². The number of fused-ring (bicyclic) bond motifs is 1. The van der Waals surface area contributed by atoms with Crippen molar-refractivity contribution < 1.29 is 4.79 Å². The average Bonchev–Trinajstić information content (AvgIpc) is 2.85. The monoisotopic (exact) mass is 409 g/mol. The minimum Gasteiger partial charge on any atom is -0.337 e. The van der Waals surface area contributed by atoms with Crippen molar-refractivity contribution in [2.45, 2.75) is 18.8 Å². The number of benzene rings is 3. The van der Waals surface area contributed by atoms with Gasteiger partial charge < -0.3 is 4.90 Å². The molecule has 1 amide bonds. The summed E-state index contributed by atoms with van der Waals surface area (Å²) in [5.41, 5.74) is 2.09. The SMILES string of the molecule is O=C(c1nn(-c2ccccc2)c(=O)c2ccccc12)N1CCC(c2ccccc2)CC1. The van der Waals surface area contributed by atoms with E-state index in [-0.39, 0.29) is 11.5 Å². The molecule has 5 rings (SSSR count). The number of hydrogen-bond donors (Lipinski definition) is 0. The number of piperidine rings is 1. The fourth-order valence-electron chi connectivity index (χ4n) is 4.38. The van der Waals surface area contributed by atoms with E-state index in [1.807, 2.05) is 59.5 Å². The van der Waals surface area contributed by atoms with E-state index in [1.54, 1.807) is 6.07 Å². The summed E-state index contributed by atoms with van der Waals surface area (Å²) < 4.78 is 1.34. The Morgan fingerprint density at radius 1 is 0.774 bits per heavy atom. The van der Waals surface area contributed by atoms with Crippen molar-refractivity contribution in [3.8, 4) is 5.69 Å². The van der Waals surface area contributed by atoms with Gasteiger partial charge in [0.2, 0.25) is 0 Å².